The molecular weight excluding hydrogens is 272 g/mol. The van der Waals surface area contributed by atoms with Gasteiger partial charge in [-0.1, -0.05) is 12.1 Å². The number of esters is 1. The van der Waals surface area contributed by atoms with Crippen molar-refractivity contribution in [1.82, 2.24) is 5.32 Å². The second-order valence-electron chi connectivity index (χ2n) is 4.43. The fourth-order valence-electron chi connectivity index (χ4n) is 1.85. The van der Waals surface area contributed by atoms with Crippen LogP contribution in [0.5, 0.6) is 0 Å². The number of methoxy groups -OCH3 is 1. The molecule has 1 aromatic heterocycles. The Hall–Kier alpha value is -2.60. The molecule has 0 bridgehead atoms. The topological polar surface area (TPSA) is 94.6 Å². The normalized spacial score (nSPS) is 10.3. The van der Waals surface area contributed by atoms with E-state index in [0.29, 0.717) is 24.4 Å². The fourth-order valence-corrected chi connectivity index (χ4v) is 1.85. The van der Waals surface area contributed by atoms with E-state index in [2.05, 4.69) is 10.1 Å². The summed E-state index contributed by atoms with van der Waals surface area (Å²) in [6, 6.07) is 10.3. The molecule has 1 aromatic carbocycles. The van der Waals surface area contributed by atoms with Gasteiger partial charge in [-0.3, -0.25) is 4.79 Å². The highest BCUT2D eigenvalue weighted by Gasteiger charge is 2.10. The second kappa shape index (κ2) is 6.71. The lowest BCUT2D eigenvalue weighted by Gasteiger charge is -2.04. The van der Waals surface area contributed by atoms with Crippen molar-refractivity contribution in [3.8, 4) is 0 Å². The van der Waals surface area contributed by atoms with Gasteiger partial charge < -0.3 is 20.2 Å². The van der Waals surface area contributed by atoms with Crippen molar-refractivity contribution in [3.05, 3.63) is 59.0 Å². The molecule has 0 aliphatic heterocycles. The number of amides is 1. The zero-order valence-electron chi connectivity index (χ0n) is 11.6. The van der Waals surface area contributed by atoms with Crippen LogP contribution in [-0.4, -0.2) is 19.0 Å². The van der Waals surface area contributed by atoms with E-state index in [0.717, 1.165) is 5.56 Å². The lowest BCUT2D eigenvalue weighted by molar-refractivity contribution is 0.0562. The molecule has 0 aliphatic rings. The summed E-state index contributed by atoms with van der Waals surface area (Å²) in [5.74, 6) is -0.160. The number of nitrogens with one attached hydrogen (secondary N) is 1. The van der Waals surface area contributed by atoms with Crippen molar-refractivity contribution in [2.75, 3.05) is 7.11 Å². The van der Waals surface area contributed by atoms with Gasteiger partial charge in [-0.05, 0) is 29.8 Å². The number of ether oxygens (including phenoxy) is 1. The highest BCUT2D eigenvalue weighted by atomic mass is 16.5. The predicted molar refractivity (Wildman–Crippen MR) is 75.6 cm³/mol. The summed E-state index contributed by atoms with van der Waals surface area (Å²) >= 11 is 0. The number of primary amides is 1. The van der Waals surface area contributed by atoms with Crippen LogP contribution in [0.4, 0.5) is 0 Å². The van der Waals surface area contributed by atoms with Gasteiger partial charge in [0.25, 0.3) is 0 Å². The minimum atomic E-state index is -0.504. The van der Waals surface area contributed by atoms with Crippen molar-refractivity contribution in [3.63, 3.8) is 0 Å². The molecule has 1 amide bonds. The van der Waals surface area contributed by atoms with Gasteiger partial charge in [0.15, 0.2) is 0 Å². The van der Waals surface area contributed by atoms with E-state index in [1.54, 1.807) is 30.3 Å². The van der Waals surface area contributed by atoms with Crippen LogP contribution in [0.2, 0.25) is 0 Å². The average molecular weight is 288 g/mol. The second-order valence-corrected chi connectivity index (χ2v) is 4.43. The maximum absolute atomic E-state index is 11.2. The SMILES string of the molecule is COC(=O)c1ccc(CNCc2cccc(C(N)=O)c2)o1. The zero-order chi connectivity index (χ0) is 15.2. The van der Waals surface area contributed by atoms with Crippen LogP contribution in [0, 0.1) is 0 Å². The number of carbonyl (C=O) groups excluding carboxylic acids is 2. The molecule has 6 nitrogen and oxygen atoms in total. The predicted octanol–water partition coefficient (Wildman–Crippen LogP) is 1.45. The molecule has 0 radical (unpaired) electrons. The summed E-state index contributed by atoms with van der Waals surface area (Å²) in [6.45, 7) is 1.01. The van der Waals surface area contributed by atoms with Gasteiger partial charge in [0.05, 0.1) is 13.7 Å². The first-order valence-electron chi connectivity index (χ1n) is 6.36. The number of hydrogen-bond acceptors (Lipinski definition) is 5. The largest absolute Gasteiger partial charge is 0.463 e. The Kier molecular flexibility index (Phi) is 4.73. The number of furan rings is 1. The molecule has 110 valence electrons. The number of hydrogen-bond donors (Lipinski definition) is 2. The quantitative estimate of drug-likeness (QED) is 0.785. The molecule has 0 atom stereocenters. The van der Waals surface area contributed by atoms with Gasteiger partial charge in [0.1, 0.15) is 5.76 Å². The van der Waals surface area contributed by atoms with Gasteiger partial charge in [-0.25, -0.2) is 4.79 Å². The van der Waals surface area contributed by atoms with Gasteiger partial charge >= 0.3 is 5.97 Å². The Morgan fingerprint density at radius 1 is 1.24 bits per heavy atom. The van der Waals surface area contributed by atoms with Crippen LogP contribution in [0.1, 0.15) is 32.2 Å². The van der Waals surface area contributed by atoms with Crippen LogP contribution in [0.3, 0.4) is 0 Å². The molecule has 0 unspecified atom stereocenters. The molecule has 2 aromatic rings. The molecule has 0 aliphatic carbocycles. The van der Waals surface area contributed by atoms with Crippen LogP contribution in [0.15, 0.2) is 40.8 Å². The fraction of sp³-hybridized carbons (Fsp3) is 0.200. The summed E-state index contributed by atoms with van der Waals surface area (Å²) in [6.07, 6.45) is 0. The first kappa shape index (κ1) is 14.8. The lowest BCUT2D eigenvalue weighted by atomic mass is 10.1. The molecule has 0 spiro atoms. The van der Waals surface area contributed by atoms with Crippen molar-refractivity contribution >= 4 is 11.9 Å². The molecule has 1 heterocycles. The minimum absolute atomic E-state index is 0.171. The molecule has 3 N–H and O–H groups in total. The molecule has 0 saturated heterocycles. The summed E-state index contributed by atoms with van der Waals surface area (Å²) in [5.41, 5.74) is 6.64. The minimum Gasteiger partial charge on any atom is -0.463 e. The Labute approximate surface area is 121 Å². The summed E-state index contributed by atoms with van der Waals surface area (Å²) in [5, 5.41) is 3.16. The van der Waals surface area contributed by atoms with Crippen LogP contribution in [-0.2, 0) is 17.8 Å². The van der Waals surface area contributed by atoms with Crippen molar-refractivity contribution < 1.29 is 18.7 Å². The van der Waals surface area contributed by atoms with E-state index < -0.39 is 11.9 Å². The van der Waals surface area contributed by atoms with Crippen LogP contribution >= 0.6 is 0 Å². The van der Waals surface area contributed by atoms with E-state index in [9.17, 15) is 9.59 Å². The zero-order valence-corrected chi connectivity index (χ0v) is 11.6. The third-order valence-corrected chi connectivity index (χ3v) is 2.89. The molecule has 0 fully saturated rings. The third kappa shape index (κ3) is 3.93. The molecule has 6 heteroatoms. The molecule has 0 saturated carbocycles. The number of nitrogens with two attached hydrogens (primary N) is 1. The molecule has 2 rings (SSSR count). The van der Waals surface area contributed by atoms with Crippen LogP contribution < -0.4 is 11.1 Å². The Morgan fingerprint density at radius 2 is 2.05 bits per heavy atom. The van der Waals surface area contributed by atoms with Gasteiger partial charge in [0, 0.05) is 12.1 Å². The summed E-state index contributed by atoms with van der Waals surface area (Å²) in [7, 11) is 1.30. The first-order valence-corrected chi connectivity index (χ1v) is 6.36. The van der Waals surface area contributed by atoms with Crippen molar-refractivity contribution in [2.24, 2.45) is 5.73 Å². The Morgan fingerprint density at radius 3 is 2.76 bits per heavy atom. The Balaban J connectivity index is 1.89. The standard InChI is InChI=1S/C15H16N2O4/c1-20-15(19)13-6-5-12(21-13)9-17-8-10-3-2-4-11(7-10)14(16)18/h2-7,17H,8-9H2,1H3,(H2,16,18). The first-order chi connectivity index (χ1) is 10.1. The number of rotatable bonds is 6. The van der Waals surface area contributed by atoms with E-state index >= 15 is 0 Å². The maximum Gasteiger partial charge on any atom is 0.373 e. The van der Waals surface area contributed by atoms with E-state index in [1.807, 2.05) is 6.07 Å². The maximum atomic E-state index is 11.2. The monoisotopic (exact) mass is 288 g/mol. The van der Waals surface area contributed by atoms with E-state index in [-0.39, 0.29) is 5.76 Å². The third-order valence-electron chi connectivity index (χ3n) is 2.89. The van der Waals surface area contributed by atoms with Gasteiger partial charge in [-0.2, -0.15) is 0 Å². The van der Waals surface area contributed by atoms with Gasteiger partial charge in [-0.15, -0.1) is 0 Å². The smallest absolute Gasteiger partial charge is 0.373 e. The van der Waals surface area contributed by atoms with E-state index in [1.165, 1.54) is 7.11 Å². The van der Waals surface area contributed by atoms with Crippen molar-refractivity contribution in [2.45, 2.75) is 13.1 Å². The number of carbonyl (C=O) groups is 2. The molecule has 21 heavy (non-hydrogen) atoms. The number of benzene rings is 1. The highest BCUT2D eigenvalue weighted by Crippen LogP contribution is 2.09. The molecular formula is C15H16N2O4. The summed E-state index contributed by atoms with van der Waals surface area (Å²) < 4.78 is 9.89. The van der Waals surface area contributed by atoms with E-state index in [4.69, 9.17) is 10.2 Å². The van der Waals surface area contributed by atoms with Gasteiger partial charge in [0.2, 0.25) is 11.7 Å². The highest BCUT2D eigenvalue weighted by molar-refractivity contribution is 5.92. The lowest BCUT2D eigenvalue weighted by Crippen LogP contribution is -2.14. The average Bonchev–Trinajstić information content (AvgIpc) is 2.95. The van der Waals surface area contributed by atoms with Crippen molar-refractivity contribution in [1.29, 1.82) is 0 Å². The Bertz CT molecular complexity index is 649. The summed E-state index contributed by atoms with van der Waals surface area (Å²) in [4.78, 5) is 22.3. The van der Waals surface area contributed by atoms with Crippen LogP contribution in [0.25, 0.3) is 0 Å².